The van der Waals surface area contributed by atoms with Crippen molar-refractivity contribution in [2.45, 2.75) is 12.8 Å². The van der Waals surface area contributed by atoms with Crippen LogP contribution in [0.1, 0.15) is 12.8 Å². The lowest BCUT2D eigenvalue weighted by molar-refractivity contribution is -0.124. The van der Waals surface area contributed by atoms with Crippen molar-refractivity contribution in [3.63, 3.8) is 0 Å². The minimum absolute atomic E-state index is 0.0556. The second-order valence-corrected chi connectivity index (χ2v) is 2.15. The number of nitrogens with two attached hydrogens (primary N) is 1. The minimum atomic E-state index is -0.0556. The lowest BCUT2D eigenvalue weighted by Crippen LogP contribution is -2.34. The maximum Gasteiger partial charge on any atom is 0.237 e. The van der Waals surface area contributed by atoms with Crippen molar-refractivity contribution >= 4 is 5.91 Å². The van der Waals surface area contributed by atoms with Crippen LogP contribution in [0.4, 0.5) is 0 Å². The molecule has 3 heteroatoms. The summed E-state index contributed by atoms with van der Waals surface area (Å²) in [5.41, 5.74) is 2.13. The SMILES string of the molecule is NNC(=O)C1CC=CC1. The van der Waals surface area contributed by atoms with Gasteiger partial charge in [-0.05, 0) is 12.8 Å². The summed E-state index contributed by atoms with van der Waals surface area (Å²) in [5.74, 6) is 4.96. The van der Waals surface area contributed by atoms with Crippen molar-refractivity contribution in [3.05, 3.63) is 12.2 Å². The van der Waals surface area contributed by atoms with Gasteiger partial charge in [-0.15, -0.1) is 0 Å². The van der Waals surface area contributed by atoms with E-state index in [1.54, 1.807) is 0 Å². The molecule has 0 radical (unpaired) electrons. The number of allylic oxidation sites excluding steroid dienone is 2. The van der Waals surface area contributed by atoms with Gasteiger partial charge in [0.2, 0.25) is 5.91 Å². The Balaban J connectivity index is 2.36. The third-order valence-electron chi connectivity index (χ3n) is 1.52. The number of hydrogen-bond acceptors (Lipinski definition) is 2. The van der Waals surface area contributed by atoms with Gasteiger partial charge in [0.25, 0.3) is 0 Å². The molecule has 3 N–H and O–H groups in total. The predicted molar refractivity (Wildman–Crippen MR) is 34.2 cm³/mol. The van der Waals surface area contributed by atoms with E-state index in [1.807, 2.05) is 12.2 Å². The third-order valence-corrected chi connectivity index (χ3v) is 1.52. The minimum Gasteiger partial charge on any atom is -0.294 e. The smallest absolute Gasteiger partial charge is 0.237 e. The number of carbonyl (C=O) groups is 1. The van der Waals surface area contributed by atoms with E-state index in [-0.39, 0.29) is 11.8 Å². The molecule has 1 amide bonds. The zero-order valence-corrected chi connectivity index (χ0v) is 5.13. The van der Waals surface area contributed by atoms with Crippen LogP contribution in [-0.2, 0) is 4.79 Å². The lowest BCUT2D eigenvalue weighted by atomic mass is 10.1. The molecular weight excluding hydrogens is 116 g/mol. The van der Waals surface area contributed by atoms with Crippen molar-refractivity contribution in [2.24, 2.45) is 11.8 Å². The summed E-state index contributed by atoms with van der Waals surface area (Å²) in [5, 5.41) is 0. The Kier molecular flexibility index (Phi) is 1.85. The van der Waals surface area contributed by atoms with Crippen LogP contribution in [-0.4, -0.2) is 5.91 Å². The fraction of sp³-hybridized carbons (Fsp3) is 0.500. The van der Waals surface area contributed by atoms with E-state index >= 15 is 0 Å². The summed E-state index contributed by atoms with van der Waals surface area (Å²) in [6.45, 7) is 0. The van der Waals surface area contributed by atoms with Gasteiger partial charge in [-0.25, -0.2) is 5.84 Å². The van der Waals surface area contributed by atoms with Crippen molar-refractivity contribution < 1.29 is 4.79 Å². The Morgan fingerprint density at radius 1 is 1.56 bits per heavy atom. The number of hydrogen-bond donors (Lipinski definition) is 2. The van der Waals surface area contributed by atoms with Gasteiger partial charge in [-0.3, -0.25) is 10.2 Å². The standard InChI is InChI=1S/C6H10N2O/c7-8-6(9)5-3-1-2-4-5/h1-2,5H,3-4,7H2,(H,8,9). The van der Waals surface area contributed by atoms with Gasteiger partial charge < -0.3 is 0 Å². The maximum absolute atomic E-state index is 10.7. The average molecular weight is 126 g/mol. The molecule has 1 aliphatic rings. The van der Waals surface area contributed by atoms with Crippen molar-refractivity contribution in [1.29, 1.82) is 0 Å². The molecule has 0 spiro atoms. The van der Waals surface area contributed by atoms with Gasteiger partial charge in [-0.1, -0.05) is 12.2 Å². The second kappa shape index (κ2) is 2.64. The Morgan fingerprint density at radius 3 is 2.56 bits per heavy atom. The molecule has 1 aliphatic carbocycles. The normalized spacial score (nSPS) is 18.3. The first-order valence-corrected chi connectivity index (χ1v) is 3.00. The predicted octanol–water partition coefficient (Wildman–Crippen LogP) is -0.0575. The van der Waals surface area contributed by atoms with Gasteiger partial charge in [0.1, 0.15) is 0 Å². The second-order valence-electron chi connectivity index (χ2n) is 2.15. The highest BCUT2D eigenvalue weighted by Gasteiger charge is 2.17. The molecule has 0 atom stereocenters. The summed E-state index contributed by atoms with van der Waals surface area (Å²) < 4.78 is 0. The molecule has 0 aromatic carbocycles. The van der Waals surface area contributed by atoms with E-state index in [9.17, 15) is 4.79 Å². The van der Waals surface area contributed by atoms with Crippen LogP contribution >= 0.6 is 0 Å². The summed E-state index contributed by atoms with van der Waals surface area (Å²) in [7, 11) is 0. The molecule has 0 aromatic rings. The van der Waals surface area contributed by atoms with Crippen LogP contribution < -0.4 is 11.3 Å². The van der Waals surface area contributed by atoms with Crippen molar-refractivity contribution in [2.75, 3.05) is 0 Å². The monoisotopic (exact) mass is 126 g/mol. The van der Waals surface area contributed by atoms with Crippen molar-refractivity contribution in [3.8, 4) is 0 Å². The van der Waals surface area contributed by atoms with Crippen LogP contribution in [0, 0.1) is 5.92 Å². The van der Waals surface area contributed by atoms with Gasteiger partial charge in [-0.2, -0.15) is 0 Å². The molecule has 0 aliphatic heterocycles. The van der Waals surface area contributed by atoms with E-state index < -0.39 is 0 Å². The van der Waals surface area contributed by atoms with Gasteiger partial charge >= 0.3 is 0 Å². The van der Waals surface area contributed by atoms with Crippen LogP contribution in [0.3, 0.4) is 0 Å². The van der Waals surface area contributed by atoms with E-state index in [0.29, 0.717) is 0 Å². The van der Waals surface area contributed by atoms with Crippen molar-refractivity contribution in [1.82, 2.24) is 5.43 Å². The fourth-order valence-corrected chi connectivity index (χ4v) is 0.949. The molecule has 50 valence electrons. The summed E-state index contributed by atoms with van der Waals surface area (Å²) in [6.07, 6.45) is 5.67. The topological polar surface area (TPSA) is 55.1 Å². The Morgan fingerprint density at radius 2 is 2.11 bits per heavy atom. The molecule has 1 rings (SSSR count). The molecule has 0 saturated carbocycles. The number of nitrogens with one attached hydrogen (secondary N) is 1. The lowest BCUT2D eigenvalue weighted by Gasteiger charge is -2.04. The molecule has 0 aromatic heterocycles. The highest BCUT2D eigenvalue weighted by atomic mass is 16.2. The first kappa shape index (κ1) is 6.29. The first-order valence-electron chi connectivity index (χ1n) is 3.00. The zero-order valence-electron chi connectivity index (χ0n) is 5.13. The number of carbonyl (C=O) groups excluding carboxylic acids is 1. The summed E-state index contributed by atoms with van der Waals surface area (Å²) >= 11 is 0. The molecule has 0 bridgehead atoms. The van der Waals surface area contributed by atoms with E-state index in [4.69, 9.17) is 5.84 Å². The molecule has 3 nitrogen and oxygen atoms in total. The molecule has 9 heavy (non-hydrogen) atoms. The summed E-state index contributed by atoms with van der Waals surface area (Å²) in [6, 6.07) is 0. The molecule has 0 fully saturated rings. The molecule has 0 saturated heterocycles. The number of hydrazine groups is 1. The maximum atomic E-state index is 10.7. The first-order chi connectivity index (χ1) is 4.34. The van der Waals surface area contributed by atoms with Crippen LogP contribution in [0.15, 0.2) is 12.2 Å². The third kappa shape index (κ3) is 1.29. The van der Waals surface area contributed by atoms with Crippen LogP contribution in [0.25, 0.3) is 0 Å². The van der Waals surface area contributed by atoms with E-state index in [2.05, 4.69) is 5.43 Å². The van der Waals surface area contributed by atoms with E-state index in [1.165, 1.54) is 0 Å². The van der Waals surface area contributed by atoms with Gasteiger partial charge in [0, 0.05) is 5.92 Å². The van der Waals surface area contributed by atoms with Crippen LogP contribution in [0.5, 0.6) is 0 Å². The number of rotatable bonds is 1. The Bertz CT molecular complexity index is 134. The van der Waals surface area contributed by atoms with E-state index in [0.717, 1.165) is 12.8 Å². The molecular formula is C6H10N2O. The Hall–Kier alpha value is -0.830. The fourth-order valence-electron chi connectivity index (χ4n) is 0.949. The molecule has 0 unspecified atom stereocenters. The van der Waals surface area contributed by atoms with Crippen LogP contribution in [0.2, 0.25) is 0 Å². The molecule has 0 heterocycles. The number of amides is 1. The highest BCUT2D eigenvalue weighted by molar-refractivity contribution is 5.78. The highest BCUT2D eigenvalue weighted by Crippen LogP contribution is 2.16. The van der Waals surface area contributed by atoms with Gasteiger partial charge in [0.05, 0.1) is 0 Å². The zero-order chi connectivity index (χ0) is 6.69. The average Bonchev–Trinajstić information content (AvgIpc) is 2.37. The largest absolute Gasteiger partial charge is 0.294 e. The quantitative estimate of drug-likeness (QED) is 0.224. The summed E-state index contributed by atoms with van der Waals surface area (Å²) in [4.78, 5) is 10.7. The Labute approximate surface area is 53.9 Å². The van der Waals surface area contributed by atoms with Gasteiger partial charge in [0.15, 0.2) is 0 Å².